The van der Waals surface area contributed by atoms with E-state index >= 15 is 0 Å². The molecule has 0 spiro atoms. The summed E-state index contributed by atoms with van der Waals surface area (Å²) in [7, 11) is -1.56. The molecule has 1 atom stereocenters. The predicted molar refractivity (Wildman–Crippen MR) is 108 cm³/mol. The zero-order valence-electron chi connectivity index (χ0n) is 16.6. The van der Waals surface area contributed by atoms with E-state index in [1.807, 2.05) is 0 Å². The quantitative estimate of drug-likeness (QED) is 0.714. The van der Waals surface area contributed by atoms with Crippen LogP contribution >= 0.6 is 11.3 Å². The first-order chi connectivity index (χ1) is 12.0. The van der Waals surface area contributed by atoms with Gasteiger partial charge in [0, 0.05) is 25.0 Å². The van der Waals surface area contributed by atoms with Crippen molar-refractivity contribution in [2.24, 2.45) is 11.3 Å². The fourth-order valence-electron chi connectivity index (χ4n) is 3.32. The zero-order chi connectivity index (χ0) is 19.5. The molecule has 1 aliphatic rings. The average molecular weight is 401 g/mol. The number of fused-ring (bicyclic) bond motifs is 1. The Bertz CT molecular complexity index is 732. The van der Waals surface area contributed by atoms with E-state index in [0.717, 1.165) is 17.7 Å². The molecule has 7 heteroatoms. The standard InChI is InChI=1S/C19H32N2O3S2/c1-6-26(23,24)21(5)11-7-10-20-18(22)17-13-14-12-15(19(2,3)4)8-9-16(14)25-17/h13,15H,6-12H2,1-5H3,(H,20,22). The number of nitrogens with zero attached hydrogens (tertiary/aromatic N) is 1. The minimum atomic E-state index is -3.15. The van der Waals surface area contributed by atoms with Crippen LogP contribution in [0, 0.1) is 11.3 Å². The molecule has 1 unspecified atom stereocenters. The second-order valence-corrected chi connectivity index (χ2v) is 11.7. The molecule has 5 nitrogen and oxygen atoms in total. The molecule has 0 saturated heterocycles. The van der Waals surface area contributed by atoms with Crippen LogP contribution < -0.4 is 5.32 Å². The van der Waals surface area contributed by atoms with Crippen molar-refractivity contribution in [2.75, 3.05) is 25.9 Å². The molecule has 1 aromatic rings. The lowest BCUT2D eigenvalue weighted by atomic mass is 9.72. The van der Waals surface area contributed by atoms with E-state index in [4.69, 9.17) is 0 Å². The largest absolute Gasteiger partial charge is 0.351 e. The Morgan fingerprint density at radius 1 is 1.38 bits per heavy atom. The van der Waals surface area contributed by atoms with Crippen molar-refractivity contribution < 1.29 is 13.2 Å². The van der Waals surface area contributed by atoms with Gasteiger partial charge in [-0.15, -0.1) is 11.3 Å². The van der Waals surface area contributed by atoms with Crippen molar-refractivity contribution in [3.8, 4) is 0 Å². The lowest BCUT2D eigenvalue weighted by molar-refractivity contribution is 0.0957. The van der Waals surface area contributed by atoms with Gasteiger partial charge < -0.3 is 5.32 Å². The summed E-state index contributed by atoms with van der Waals surface area (Å²) in [4.78, 5) is 14.5. The molecular formula is C19H32N2O3S2. The number of rotatable bonds is 7. The Labute approximate surface area is 162 Å². The monoisotopic (exact) mass is 400 g/mol. The Morgan fingerprint density at radius 3 is 2.69 bits per heavy atom. The fraction of sp³-hybridized carbons (Fsp3) is 0.737. The topological polar surface area (TPSA) is 66.5 Å². The van der Waals surface area contributed by atoms with Gasteiger partial charge in [-0.3, -0.25) is 4.79 Å². The van der Waals surface area contributed by atoms with Gasteiger partial charge in [-0.2, -0.15) is 0 Å². The molecule has 2 rings (SSSR count). The van der Waals surface area contributed by atoms with Gasteiger partial charge in [0.15, 0.2) is 0 Å². The van der Waals surface area contributed by atoms with Crippen molar-refractivity contribution in [1.82, 2.24) is 9.62 Å². The molecule has 0 aromatic carbocycles. The average Bonchev–Trinajstić information content (AvgIpc) is 3.00. The van der Waals surface area contributed by atoms with Gasteiger partial charge in [-0.1, -0.05) is 20.8 Å². The Hall–Kier alpha value is -0.920. The first kappa shape index (κ1) is 21.4. The van der Waals surface area contributed by atoms with Crippen LogP contribution in [0.4, 0.5) is 0 Å². The Morgan fingerprint density at radius 2 is 2.08 bits per heavy atom. The van der Waals surface area contributed by atoms with Crippen LogP contribution in [0.5, 0.6) is 0 Å². The van der Waals surface area contributed by atoms with Crippen molar-refractivity contribution in [1.29, 1.82) is 0 Å². The predicted octanol–water partition coefficient (Wildman–Crippen LogP) is 3.30. The fourth-order valence-corrected chi connectivity index (χ4v) is 5.30. The summed E-state index contributed by atoms with van der Waals surface area (Å²) in [5.41, 5.74) is 1.63. The lowest BCUT2D eigenvalue weighted by Gasteiger charge is -2.33. The summed E-state index contributed by atoms with van der Waals surface area (Å²) >= 11 is 1.61. The molecule has 0 aliphatic heterocycles. The smallest absolute Gasteiger partial charge is 0.261 e. The maximum atomic E-state index is 12.4. The summed E-state index contributed by atoms with van der Waals surface area (Å²) in [6, 6.07) is 2.06. The van der Waals surface area contributed by atoms with Gasteiger partial charge in [0.05, 0.1) is 10.6 Å². The third-order valence-electron chi connectivity index (χ3n) is 5.31. The number of amides is 1. The van der Waals surface area contributed by atoms with E-state index < -0.39 is 10.0 Å². The van der Waals surface area contributed by atoms with Crippen molar-refractivity contribution >= 4 is 27.3 Å². The summed E-state index contributed by atoms with van der Waals surface area (Å²) < 4.78 is 24.8. The maximum Gasteiger partial charge on any atom is 0.261 e. The number of thiophene rings is 1. The number of aryl methyl sites for hydroxylation is 1. The highest BCUT2D eigenvalue weighted by Gasteiger charge is 2.30. The molecule has 26 heavy (non-hydrogen) atoms. The number of hydrogen-bond donors (Lipinski definition) is 1. The van der Waals surface area contributed by atoms with Crippen LogP contribution in [-0.4, -0.2) is 44.5 Å². The van der Waals surface area contributed by atoms with Crippen LogP contribution in [0.15, 0.2) is 6.07 Å². The van der Waals surface area contributed by atoms with Gasteiger partial charge in [-0.05, 0) is 55.6 Å². The van der Waals surface area contributed by atoms with E-state index in [0.29, 0.717) is 30.8 Å². The molecular weight excluding hydrogens is 368 g/mol. The molecule has 1 N–H and O–H groups in total. The highest BCUT2D eigenvalue weighted by atomic mass is 32.2. The zero-order valence-corrected chi connectivity index (χ0v) is 18.2. The van der Waals surface area contributed by atoms with Gasteiger partial charge in [0.1, 0.15) is 0 Å². The van der Waals surface area contributed by atoms with Crippen LogP contribution in [-0.2, 0) is 22.9 Å². The number of carbonyl (C=O) groups is 1. The van der Waals surface area contributed by atoms with E-state index in [1.54, 1.807) is 25.3 Å². The first-order valence-corrected chi connectivity index (χ1v) is 11.8. The maximum absolute atomic E-state index is 12.4. The van der Waals surface area contributed by atoms with Gasteiger partial charge in [-0.25, -0.2) is 12.7 Å². The molecule has 1 aromatic heterocycles. The SMILES string of the molecule is CCS(=O)(=O)N(C)CCCNC(=O)c1cc2c(s1)CCC(C(C)(C)C)C2. The molecule has 0 bridgehead atoms. The number of nitrogens with one attached hydrogen (secondary N) is 1. The van der Waals surface area contributed by atoms with Crippen molar-refractivity contribution in [2.45, 2.75) is 53.4 Å². The molecule has 1 heterocycles. The van der Waals surface area contributed by atoms with Gasteiger partial charge in [0.25, 0.3) is 5.91 Å². The molecule has 0 saturated carbocycles. The number of hydrogen-bond acceptors (Lipinski definition) is 4. The van der Waals surface area contributed by atoms with Crippen LogP contribution in [0.1, 0.15) is 60.6 Å². The van der Waals surface area contributed by atoms with E-state index in [9.17, 15) is 13.2 Å². The highest BCUT2D eigenvalue weighted by molar-refractivity contribution is 7.89. The van der Waals surface area contributed by atoms with E-state index in [2.05, 4.69) is 32.2 Å². The third kappa shape index (κ3) is 5.30. The second-order valence-electron chi connectivity index (χ2n) is 8.20. The van der Waals surface area contributed by atoms with Crippen LogP contribution in [0.2, 0.25) is 0 Å². The molecule has 1 amide bonds. The van der Waals surface area contributed by atoms with Crippen molar-refractivity contribution in [3.05, 3.63) is 21.4 Å². The molecule has 148 valence electrons. The minimum Gasteiger partial charge on any atom is -0.351 e. The first-order valence-electron chi connectivity index (χ1n) is 9.38. The Kier molecular flexibility index (Phi) is 6.91. The third-order valence-corrected chi connectivity index (χ3v) is 8.40. The van der Waals surface area contributed by atoms with Crippen LogP contribution in [0.3, 0.4) is 0 Å². The molecule has 1 aliphatic carbocycles. The summed E-state index contributed by atoms with van der Waals surface area (Å²) in [6.07, 6.45) is 3.92. The van der Waals surface area contributed by atoms with Gasteiger partial charge in [0.2, 0.25) is 10.0 Å². The summed E-state index contributed by atoms with van der Waals surface area (Å²) in [5, 5.41) is 2.92. The molecule has 0 fully saturated rings. The Balaban J connectivity index is 1.85. The van der Waals surface area contributed by atoms with Crippen molar-refractivity contribution in [3.63, 3.8) is 0 Å². The van der Waals surface area contributed by atoms with Crippen LogP contribution in [0.25, 0.3) is 0 Å². The van der Waals surface area contributed by atoms with E-state index in [1.165, 1.54) is 21.2 Å². The normalized spacial score (nSPS) is 18.0. The number of sulfonamides is 1. The minimum absolute atomic E-state index is 0.0438. The summed E-state index contributed by atoms with van der Waals surface area (Å²) in [5.74, 6) is 0.723. The van der Waals surface area contributed by atoms with Gasteiger partial charge >= 0.3 is 0 Å². The second kappa shape index (κ2) is 8.40. The summed E-state index contributed by atoms with van der Waals surface area (Å²) in [6.45, 7) is 9.41. The number of carbonyl (C=O) groups excluding carboxylic acids is 1. The highest BCUT2D eigenvalue weighted by Crippen LogP contribution is 2.40. The van der Waals surface area contributed by atoms with E-state index in [-0.39, 0.29) is 11.7 Å². The molecule has 0 radical (unpaired) electrons. The lowest BCUT2D eigenvalue weighted by Crippen LogP contribution is -2.32.